The van der Waals surface area contributed by atoms with Crippen molar-refractivity contribution in [2.75, 3.05) is 11.1 Å². The number of rotatable bonds is 4. The minimum absolute atomic E-state index is 0.160. The first-order chi connectivity index (χ1) is 8.04. The molecule has 0 unspecified atom stereocenters. The second-order valence-corrected chi connectivity index (χ2v) is 5.46. The van der Waals surface area contributed by atoms with Gasteiger partial charge in [-0.15, -0.1) is 0 Å². The summed E-state index contributed by atoms with van der Waals surface area (Å²) in [5, 5.41) is 13.0. The molecule has 0 saturated carbocycles. The van der Waals surface area contributed by atoms with E-state index in [0.717, 1.165) is 0 Å². The van der Waals surface area contributed by atoms with E-state index in [2.05, 4.69) is 5.32 Å². The van der Waals surface area contributed by atoms with Crippen LogP contribution in [-0.4, -0.2) is 16.2 Å². The summed E-state index contributed by atoms with van der Waals surface area (Å²) in [6.07, 6.45) is -2.62. The highest BCUT2D eigenvalue weighted by Gasteiger charge is 2.35. The monoisotopic (exact) mass is 258 g/mol. The number of aliphatic hydroxyl groups is 1. The highest BCUT2D eigenvalue weighted by molar-refractivity contribution is 5.60. The Bertz CT molecular complexity index is 425. The predicted molar refractivity (Wildman–Crippen MR) is 69.8 cm³/mol. The van der Waals surface area contributed by atoms with Crippen molar-refractivity contribution in [2.24, 2.45) is 0 Å². The molecule has 1 aromatic carbocycles. The summed E-state index contributed by atoms with van der Waals surface area (Å²) in [6, 6.07) is 4.30. The van der Waals surface area contributed by atoms with Crippen molar-refractivity contribution in [1.29, 1.82) is 0 Å². The third-order valence-corrected chi connectivity index (χ3v) is 3.29. The number of nitrogens with one attached hydrogen (secondary N) is 1. The van der Waals surface area contributed by atoms with Crippen molar-refractivity contribution in [3.8, 4) is 0 Å². The molecule has 4 N–H and O–H groups in total. The maximum absolute atomic E-state index is 12.9. The van der Waals surface area contributed by atoms with Crippen molar-refractivity contribution >= 4 is 11.4 Å². The molecule has 102 valence electrons. The molecule has 0 radical (unpaired) electrons. The lowest BCUT2D eigenvalue weighted by Gasteiger charge is -2.39. The zero-order chi connectivity index (χ0) is 14.1. The van der Waals surface area contributed by atoms with Crippen LogP contribution in [-0.2, 0) is 0 Å². The first-order valence-corrected chi connectivity index (χ1v) is 5.73. The molecule has 0 aliphatic carbocycles. The second-order valence-electron chi connectivity index (χ2n) is 5.46. The molecule has 0 fully saturated rings. The smallest absolute Gasteiger partial charge is 0.265 e. The molecule has 5 heteroatoms. The van der Waals surface area contributed by atoms with Crippen LogP contribution in [0.5, 0.6) is 0 Å². The van der Waals surface area contributed by atoms with Crippen molar-refractivity contribution < 1.29 is 13.9 Å². The van der Waals surface area contributed by atoms with E-state index in [-0.39, 0.29) is 16.9 Å². The number of benzene rings is 1. The van der Waals surface area contributed by atoms with E-state index < -0.39 is 17.6 Å². The summed E-state index contributed by atoms with van der Waals surface area (Å²) >= 11 is 0. The van der Waals surface area contributed by atoms with Gasteiger partial charge in [-0.25, -0.2) is 8.78 Å². The molecule has 0 saturated heterocycles. The molecule has 18 heavy (non-hydrogen) atoms. The third-order valence-electron chi connectivity index (χ3n) is 3.29. The quantitative estimate of drug-likeness (QED) is 0.727. The van der Waals surface area contributed by atoms with E-state index in [9.17, 15) is 13.9 Å². The molecule has 0 atom stereocenters. The van der Waals surface area contributed by atoms with E-state index >= 15 is 0 Å². The van der Waals surface area contributed by atoms with Crippen LogP contribution in [0, 0.1) is 0 Å². The average Bonchev–Trinajstić information content (AvgIpc) is 2.18. The van der Waals surface area contributed by atoms with Crippen LogP contribution in [0.1, 0.15) is 39.7 Å². The van der Waals surface area contributed by atoms with Gasteiger partial charge in [-0.05, 0) is 45.9 Å². The lowest BCUT2D eigenvalue weighted by Crippen LogP contribution is -2.51. The van der Waals surface area contributed by atoms with Gasteiger partial charge in [-0.3, -0.25) is 0 Å². The Morgan fingerprint density at radius 2 is 1.78 bits per heavy atom. The Labute approximate surface area is 106 Å². The van der Waals surface area contributed by atoms with Gasteiger partial charge in [0.1, 0.15) is 0 Å². The van der Waals surface area contributed by atoms with Crippen molar-refractivity contribution in [3.63, 3.8) is 0 Å². The van der Waals surface area contributed by atoms with Gasteiger partial charge in [0.25, 0.3) is 6.43 Å². The van der Waals surface area contributed by atoms with Crippen LogP contribution in [0.4, 0.5) is 20.2 Å². The summed E-state index contributed by atoms with van der Waals surface area (Å²) in [5.74, 6) is 0. The van der Waals surface area contributed by atoms with Gasteiger partial charge in [0.05, 0.1) is 11.1 Å². The molecule has 0 amide bonds. The van der Waals surface area contributed by atoms with Crippen LogP contribution >= 0.6 is 0 Å². The number of halogens is 2. The Kier molecular flexibility index (Phi) is 3.86. The van der Waals surface area contributed by atoms with Crippen LogP contribution < -0.4 is 11.1 Å². The predicted octanol–water partition coefficient (Wildman–Crippen LogP) is 3.17. The van der Waals surface area contributed by atoms with E-state index in [1.165, 1.54) is 12.1 Å². The highest BCUT2D eigenvalue weighted by atomic mass is 19.3. The van der Waals surface area contributed by atoms with Gasteiger partial charge in [0, 0.05) is 16.9 Å². The van der Waals surface area contributed by atoms with Gasteiger partial charge >= 0.3 is 0 Å². The minimum Gasteiger partial charge on any atom is -0.399 e. The zero-order valence-electron chi connectivity index (χ0n) is 11.1. The zero-order valence-corrected chi connectivity index (χ0v) is 11.1. The first kappa shape index (κ1) is 14.7. The number of anilines is 2. The fourth-order valence-electron chi connectivity index (χ4n) is 1.37. The highest BCUT2D eigenvalue weighted by Crippen LogP contribution is 2.33. The Balaban J connectivity index is 3.12. The van der Waals surface area contributed by atoms with Gasteiger partial charge in [-0.2, -0.15) is 0 Å². The summed E-state index contributed by atoms with van der Waals surface area (Å²) in [6.45, 7) is 6.75. The molecule has 1 aromatic rings. The van der Waals surface area contributed by atoms with Gasteiger partial charge in [0.15, 0.2) is 0 Å². The molecule has 0 aromatic heterocycles. The lowest BCUT2D eigenvalue weighted by molar-refractivity contribution is 0.0238. The Hall–Kier alpha value is -1.36. The molecule has 0 aliphatic heterocycles. The van der Waals surface area contributed by atoms with Crippen molar-refractivity contribution in [2.45, 2.75) is 45.3 Å². The van der Waals surface area contributed by atoms with Crippen LogP contribution in [0.2, 0.25) is 0 Å². The number of hydrogen-bond donors (Lipinski definition) is 3. The normalized spacial score (nSPS) is 12.9. The third kappa shape index (κ3) is 3.10. The molecule has 0 spiro atoms. The van der Waals surface area contributed by atoms with Gasteiger partial charge in [-0.1, -0.05) is 0 Å². The van der Waals surface area contributed by atoms with E-state index in [0.29, 0.717) is 0 Å². The maximum atomic E-state index is 12.9. The largest absolute Gasteiger partial charge is 0.399 e. The Morgan fingerprint density at radius 3 is 2.22 bits per heavy atom. The molecule has 0 heterocycles. The van der Waals surface area contributed by atoms with Crippen LogP contribution in [0.25, 0.3) is 0 Å². The lowest BCUT2D eigenvalue weighted by atomic mass is 9.85. The van der Waals surface area contributed by atoms with Gasteiger partial charge < -0.3 is 16.2 Å². The van der Waals surface area contributed by atoms with E-state index in [4.69, 9.17) is 5.73 Å². The average molecular weight is 258 g/mol. The first-order valence-electron chi connectivity index (χ1n) is 5.73. The standard InChI is InChI=1S/C13H20F2N2O/c1-12(2,13(3,4)18)17-10-6-5-8(16)7-9(10)11(14)15/h5-7,11,17-18H,16H2,1-4H3. The number of hydrogen-bond acceptors (Lipinski definition) is 3. The van der Waals surface area contributed by atoms with Crippen molar-refractivity contribution in [1.82, 2.24) is 0 Å². The second kappa shape index (κ2) is 4.72. The van der Waals surface area contributed by atoms with Gasteiger partial charge in [0.2, 0.25) is 0 Å². The van der Waals surface area contributed by atoms with Crippen LogP contribution in [0.3, 0.4) is 0 Å². The SMILES string of the molecule is CC(C)(O)C(C)(C)Nc1ccc(N)cc1C(F)F. The summed E-state index contributed by atoms with van der Waals surface area (Å²) in [7, 11) is 0. The number of nitrogens with two attached hydrogens (primary N) is 1. The Morgan fingerprint density at radius 1 is 1.22 bits per heavy atom. The van der Waals surface area contributed by atoms with E-state index in [1.807, 2.05) is 0 Å². The van der Waals surface area contributed by atoms with Crippen LogP contribution in [0.15, 0.2) is 18.2 Å². The number of nitrogen functional groups attached to an aromatic ring is 1. The summed E-state index contributed by atoms with van der Waals surface area (Å²) in [5.41, 5.74) is 4.10. The molecular formula is C13H20F2N2O. The molecule has 0 aliphatic rings. The summed E-state index contributed by atoms with van der Waals surface area (Å²) in [4.78, 5) is 0. The molecule has 0 bridgehead atoms. The summed E-state index contributed by atoms with van der Waals surface area (Å²) < 4.78 is 25.8. The van der Waals surface area contributed by atoms with E-state index in [1.54, 1.807) is 33.8 Å². The fourth-order valence-corrected chi connectivity index (χ4v) is 1.37. The molecule has 3 nitrogen and oxygen atoms in total. The number of alkyl halides is 2. The fraction of sp³-hybridized carbons (Fsp3) is 0.538. The molecular weight excluding hydrogens is 238 g/mol. The molecule has 1 rings (SSSR count). The topological polar surface area (TPSA) is 58.3 Å². The maximum Gasteiger partial charge on any atom is 0.265 e. The van der Waals surface area contributed by atoms with Crippen molar-refractivity contribution in [3.05, 3.63) is 23.8 Å². The minimum atomic E-state index is -2.62.